The van der Waals surface area contributed by atoms with Gasteiger partial charge in [-0.05, 0) is 17.6 Å². The Morgan fingerprint density at radius 3 is 2.58 bits per heavy atom. The van der Waals surface area contributed by atoms with E-state index >= 15 is 0 Å². The maximum absolute atomic E-state index is 11.6. The number of rotatable bonds is 6. The average molecular weight is 270 g/mol. The summed E-state index contributed by atoms with van der Waals surface area (Å²) < 4.78 is 0. The van der Waals surface area contributed by atoms with Gasteiger partial charge >= 0.3 is 12.0 Å². The van der Waals surface area contributed by atoms with Crippen molar-refractivity contribution < 1.29 is 14.7 Å². The molecule has 0 fully saturated rings. The predicted octanol–water partition coefficient (Wildman–Crippen LogP) is -0.491. The summed E-state index contributed by atoms with van der Waals surface area (Å²) in [5.41, 5.74) is 0. The van der Waals surface area contributed by atoms with Crippen molar-refractivity contribution in [1.82, 2.24) is 30.8 Å². The molecule has 1 unspecified atom stereocenters. The first-order valence-electron chi connectivity index (χ1n) is 5.88. The second-order valence-electron chi connectivity index (χ2n) is 4.54. The number of tetrazole rings is 1. The van der Waals surface area contributed by atoms with Gasteiger partial charge in [0.05, 0.1) is 13.6 Å². The van der Waals surface area contributed by atoms with Crippen LogP contribution in [0.3, 0.4) is 0 Å². The molecule has 0 aliphatic carbocycles. The summed E-state index contributed by atoms with van der Waals surface area (Å²) in [6.45, 7) is 3.87. The normalized spacial score (nSPS) is 12.2. The molecule has 0 aliphatic heterocycles. The quantitative estimate of drug-likeness (QED) is 0.641. The zero-order valence-electron chi connectivity index (χ0n) is 11.1. The van der Waals surface area contributed by atoms with Crippen molar-refractivity contribution in [2.24, 2.45) is 13.0 Å². The van der Waals surface area contributed by atoms with Gasteiger partial charge in [0.1, 0.15) is 6.04 Å². The molecule has 1 aromatic rings. The monoisotopic (exact) mass is 270 g/mol. The fourth-order valence-corrected chi connectivity index (χ4v) is 1.46. The molecule has 3 N–H and O–H groups in total. The fraction of sp³-hybridized carbons (Fsp3) is 0.700. The van der Waals surface area contributed by atoms with E-state index in [0.29, 0.717) is 12.2 Å². The molecule has 9 heteroatoms. The van der Waals surface area contributed by atoms with Crippen molar-refractivity contribution in [2.75, 3.05) is 0 Å². The van der Waals surface area contributed by atoms with Gasteiger partial charge in [0.2, 0.25) is 0 Å². The Labute approximate surface area is 110 Å². The van der Waals surface area contributed by atoms with E-state index in [9.17, 15) is 9.59 Å². The Kier molecular flexibility index (Phi) is 5.22. The number of hydrogen-bond donors (Lipinski definition) is 3. The predicted molar refractivity (Wildman–Crippen MR) is 65.0 cm³/mol. The summed E-state index contributed by atoms with van der Waals surface area (Å²) in [6.07, 6.45) is 0.367. The van der Waals surface area contributed by atoms with Gasteiger partial charge in [0.25, 0.3) is 0 Å². The topological polar surface area (TPSA) is 122 Å². The van der Waals surface area contributed by atoms with Crippen LogP contribution >= 0.6 is 0 Å². The minimum Gasteiger partial charge on any atom is -0.480 e. The largest absolute Gasteiger partial charge is 0.480 e. The minimum absolute atomic E-state index is 0.0910. The Bertz CT molecular complexity index is 444. The molecule has 1 atom stereocenters. The first-order chi connectivity index (χ1) is 8.88. The van der Waals surface area contributed by atoms with Gasteiger partial charge < -0.3 is 15.7 Å². The third-order valence-electron chi connectivity index (χ3n) is 2.27. The van der Waals surface area contributed by atoms with E-state index in [0.717, 1.165) is 0 Å². The number of carboxylic acid groups (broad SMARTS) is 1. The zero-order valence-corrected chi connectivity index (χ0v) is 11.1. The van der Waals surface area contributed by atoms with Crippen LogP contribution < -0.4 is 10.6 Å². The maximum Gasteiger partial charge on any atom is 0.326 e. The third-order valence-corrected chi connectivity index (χ3v) is 2.27. The highest BCUT2D eigenvalue weighted by Crippen LogP contribution is 2.04. The Morgan fingerprint density at radius 2 is 2.11 bits per heavy atom. The lowest BCUT2D eigenvalue weighted by Gasteiger charge is -2.16. The smallest absolute Gasteiger partial charge is 0.326 e. The van der Waals surface area contributed by atoms with Gasteiger partial charge in [-0.3, -0.25) is 0 Å². The molecule has 1 aromatic heterocycles. The van der Waals surface area contributed by atoms with Crippen LogP contribution in [-0.4, -0.2) is 43.4 Å². The van der Waals surface area contributed by atoms with E-state index in [1.54, 1.807) is 7.05 Å². The molecular formula is C10H18N6O3. The van der Waals surface area contributed by atoms with Crippen LogP contribution in [0.4, 0.5) is 4.79 Å². The van der Waals surface area contributed by atoms with Gasteiger partial charge in [-0.15, -0.1) is 10.2 Å². The number of nitrogens with one attached hydrogen (secondary N) is 2. The Morgan fingerprint density at radius 1 is 1.42 bits per heavy atom. The van der Waals surface area contributed by atoms with E-state index in [1.165, 1.54) is 4.80 Å². The van der Waals surface area contributed by atoms with Crippen molar-refractivity contribution in [3.63, 3.8) is 0 Å². The lowest BCUT2D eigenvalue weighted by molar-refractivity contribution is -0.139. The lowest BCUT2D eigenvalue weighted by Crippen LogP contribution is -2.46. The molecule has 0 aromatic carbocycles. The molecule has 2 amide bonds. The number of aryl methyl sites for hydroxylation is 1. The van der Waals surface area contributed by atoms with Crippen LogP contribution in [0.2, 0.25) is 0 Å². The summed E-state index contributed by atoms with van der Waals surface area (Å²) in [5, 5.41) is 25.0. The number of hydrogen-bond acceptors (Lipinski definition) is 5. The summed E-state index contributed by atoms with van der Waals surface area (Å²) in [5.74, 6) is -0.530. The summed E-state index contributed by atoms with van der Waals surface area (Å²) >= 11 is 0. The molecule has 0 radical (unpaired) electrons. The van der Waals surface area contributed by atoms with E-state index < -0.39 is 18.0 Å². The van der Waals surface area contributed by atoms with Crippen LogP contribution in [0.25, 0.3) is 0 Å². The van der Waals surface area contributed by atoms with Crippen molar-refractivity contribution in [3.05, 3.63) is 5.82 Å². The van der Waals surface area contributed by atoms with E-state index in [-0.39, 0.29) is 12.5 Å². The van der Waals surface area contributed by atoms with Crippen LogP contribution in [0.15, 0.2) is 0 Å². The second-order valence-corrected chi connectivity index (χ2v) is 4.54. The molecule has 0 aliphatic rings. The van der Waals surface area contributed by atoms with Crippen molar-refractivity contribution in [1.29, 1.82) is 0 Å². The summed E-state index contributed by atoms with van der Waals surface area (Å²) in [7, 11) is 1.61. The molecule has 0 spiro atoms. The first-order valence-corrected chi connectivity index (χ1v) is 5.88. The van der Waals surface area contributed by atoms with Gasteiger partial charge in [-0.1, -0.05) is 13.8 Å². The minimum atomic E-state index is -1.05. The number of carbonyl (C=O) groups is 2. The van der Waals surface area contributed by atoms with Crippen LogP contribution in [-0.2, 0) is 18.4 Å². The van der Waals surface area contributed by atoms with Crippen LogP contribution in [0, 0.1) is 5.92 Å². The molecule has 0 saturated heterocycles. The third kappa shape index (κ3) is 5.32. The first kappa shape index (κ1) is 14.9. The number of amides is 2. The fourth-order valence-electron chi connectivity index (χ4n) is 1.46. The van der Waals surface area contributed by atoms with Crippen LogP contribution in [0.5, 0.6) is 0 Å². The Hall–Kier alpha value is -2.19. The molecule has 19 heavy (non-hydrogen) atoms. The molecule has 1 heterocycles. The number of nitrogens with zero attached hydrogens (tertiary/aromatic N) is 4. The standard InChI is InChI=1S/C10H18N6O3/c1-6(2)4-7(9(17)18)12-10(19)11-5-8-13-15-16(3)14-8/h6-7H,4-5H2,1-3H3,(H,17,18)(H2,11,12,19). The van der Waals surface area contributed by atoms with Crippen molar-refractivity contribution in [3.8, 4) is 0 Å². The number of carboxylic acids is 1. The lowest BCUT2D eigenvalue weighted by atomic mass is 10.0. The molecular weight excluding hydrogens is 252 g/mol. The maximum atomic E-state index is 11.6. The number of aliphatic carboxylic acids is 1. The van der Waals surface area contributed by atoms with Gasteiger partial charge in [-0.25, -0.2) is 9.59 Å². The molecule has 106 valence electrons. The summed E-state index contributed by atoms with van der Waals surface area (Å²) in [4.78, 5) is 23.8. The highest BCUT2D eigenvalue weighted by molar-refractivity contribution is 5.82. The Balaban J connectivity index is 2.42. The molecule has 1 rings (SSSR count). The highest BCUT2D eigenvalue weighted by atomic mass is 16.4. The van der Waals surface area contributed by atoms with Crippen LogP contribution in [0.1, 0.15) is 26.1 Å². The van der Waals surface area contributed by atoms with Gasteiger partial charge in [0.15, 0.2) is 5.82 Å². The molecule has 0 bridgehead atoms. The van der Waals surface area contributed by atoms with Gasteiger partial charge in [-0.2, -0.15) is 4.80 Å². The molecule has 0 saturated carbocycles. The van der Waals surface area contributed by atoms with E-state index in [1.807, 2.05) is 13.8 Å². The average Bonchev–Trinajstić information content (AvgIpc) is 2.71. The van der Waals surface area contributed by atoms with Gasteiger partial charge in [0, 0.05) is 0 Å². The SMILES string of the molecule is CC(C)CC(NC(=O)NCc1nnn(C)n1)C(=O)O. The van der Waals surface area contributed by atoms with Crippen molar-refractivity contribution >= 4 is 12.0 Å². The molecule has 9 nitrogen and oxygen atoms in total. The number of aromatic nitrogens is 4. The highest BCUT2D eigenvalue weighted by Gasteiger charge is 2.20. The number of urea groups is 1. The second kappa shape index (κ2) is 6.66. The van der Waals surface area contributed by atoms with Crippen molar-refractivity contribution in [2.45, 2.75) is 32.9 Å². The van der Waals surface area contributed by atoms with E-state index in [4.69, 9.17) is 5.11 Å². The zero-order chi connectivity index (χ0) is 14.4. The summed E-state index contributed by atoms with van der Waals surface area (Å²) in [6, 6.07) is -1.48. The number of carbonyl (C=O) groups excluding carboxylic acids is 1. The van der Waals surface area contributed by atoms with E-state index in [2.05, 4.69) is 26.0 Å².